The summed E-state index contributed by atoms with van der Waals surface area (Å²) in [4.78, 5) is 11.4. The summed E-state index contributed by atoms with van der Waals surface area (Å²) in [5, 5.41) is 14.7. The minimum atomic E-state index is -4.41. The van der Waals surface area contributed by atoms with Crippen LogP contribution in [0.1, 0.15) is 51.0 Å². The predicted molar refractivity (Wildman–Crippen MR) is 93.3 cm³/mol. The maximum Gasteiger partial charge on any atom is 0.416 e. The number of hydrogen-bond acceptors (Lipinski definition) is 3. The topological polar surface area (TPSA) is 52.2 Å². The molecule has 27 heavy (non-hydrogen) atoms. The molecular formula is C21H17F3NO2-. The number of aromatic carboxylic acids is 1. The lowest BCUT2D eigenvalue weighted by molar-refractivity contribution is -0.255. The number of carboxylic acid groups (broad SMARTS) is 1. The monoisotopic (exact) mass is 372 g/mol. The van der Waals surface area contributed by atoms with Gasteiger partial charge < -0.3 is 15.2 Å². The van der Waals surface area contributed by atoms with Crippen molar-refractivity contribution in [2.24, 2.45) is 5.92 Å². The average molecular weight is 372 g/mol. The van der Waals surface area contributed by atoms with Gasteiger partial charge in [0.1, 0.15) is 0 Å². The quantitative estimate of drug-likeness (QED) is 0.804. The molecule has 0 radical (unpaired) electrons. The maximum absolute atomic E-state index is 13.1. The molecule has 0 unspecified atom stereocenters. The summed E-state index contributed by atoms with van der Waals surface area (Å²) >= 11 is 0. The van der Waals surface area contributed by atoms with Crippen LogP contribution in [-0.4, -0.2) is 5.97 Å². The van der Waals surface area contributed by atoms with E-state index >= 15 is 0 Å². The van der Waals surface area contributed by atoms with E-state index in [4.69, 9.17) is 0 Å². The van der Waals surface area contributed by atoms with Gasteiger partial charge in [-0.1, -0.05) is 36.4 Å². The highest BCUT2D eigenvalue weighted by Crippen LogP contribution is 2.51. The lowest BCUT2D eigenvalue weighted by Crippen LogP contribution is -2.31. The van der Waals surface area contributed by atoms with E-state index in [0.29, 0.717) is 16.8 Å². The highest BCUT2D eigenvalue weighted by Gasteiger charge is 2.39. The predicted octanol–water partition coefficient (Wildman–Crippen LogP) is 4.20. The van der Waals surface area contributed by atoms with E-state index in [1.165, 1.54) is 12.1 Å². The van der Waals surface area contributed by atoms with Gasteiger partial charge in [0, 0.05) is 17.2 Å². The Balaban J connectivity index is 1.82. The van der Waals surface area contributed by atoms with Crippen LogP contribution < -0.4 is 10.4 Å². The molecule has 2 aromatic carbocycles. The Labute approximate surface area is 154 Å². The number of nitrogens with one attached hydrogen (secondary N) is 1. The number of allylic oxidation sites excluding steroid dienone is 2. The van der Waals surface area contributed by atoms with E-state index in [0.717, 1.165) is 18.1 Å². The van der Waals surface area contributed by atoms with Crippen molar-refractivity contribution in [3.05, 3.63) is 76.4 Å². The van der Waals surface area contributed by atoms with Crippen molar-refractivity contribution >= 4 is 11.7 Å². The van der Waals surface area contributed by atoms with Crippen molar-refractivity contribution in [1.29, 1.82) is 0 Å². The van der Waals surface area contributed by atoms with E-state index < -0.39 is 17.7 Å². The average Bonchev–Trinajstić information content (AvgIpc) is 3.10. The fourth-order valence-corrected chi connectivity index (χ4v) is 4.27. The number of carbonyl (C=O) groups is 1. The summed E-state index contributed by atoms with van der Waals surface area (Å²) in [6.07, 6.45) is 0.436. The normalized spacial score (nSPS) is 23.5. The molecule has 0 saturated heterocycles. The molecule has 2 aliphatic rings. The molecule has 2 aromatic rings. The molecule has 1 heterocycles. The second-order valence-corrected chi connectivity index (χ2v) is 7.09. The van der Waals surface area contributed by atoms with Gasteiger partial charge >= 0.3 is 6.18 Å². The first kappa shape index (κ1) is 17.6. The van der Waals surface area contributed by atoms with E-state index in [9.17, 15) is 23.1 Å². The van der Waals surface area contributed by atoms with E-state index in [2.05, 4.69) is 11.4 Å². The van der Waals surface area contributed by atoms with Crippen LogP contribution in [0.5, 0.6) is 0 Å². The molecule has 3 nitrogen and oxygen atoms in total. The van der Waals surface area contributed by atoms with Crippen LogP contribution >= 0.6 is 0 Å². The zero-order valence-electron chi connectivity index (χ0n) is 14.5. The molecule has 1 aliphatic carbocycles. The minimum Gasteiger partial charge on any atom is -0.545 e. The largest absolute Gasteiger partial charge is 0.545 e. The summed E-state index contributed by atoms with van der Waals surface area (Å²) in [6, 6.07) is 8.31. The van der Waals surface area contributed by atoms with Crippen LogP contribution in [0.2, 0.25) is 0 Å². The Kier molecular flexibility index (Phi) is 4.02. The van der Waals surface area contributed by atoms with Gasteiger partial charge in [-0.25, -0.2) is 0 Å². The molecular weight excluding hydrogens is 355 g/mol. The van der Waals surface area contributed by atoms with E-state index in [-0.39, 0.29) is 23.4 Å². The number of alkyl halides is 3. The van der Waals surface area contributed by atoms with Gasteiger partial charge in [0.2, 0.25) is 0 Å². The summed E-state index contributed by atoms with van der Waals surface area (Å²) in [6.45, 7) is 1.69. The fraction of sp³-hybridized carbons (Fsp3) is 0.286. The summed E-state index contributed by atoms with van der Waals surface area (Å²) < 4.78 is 39.4. The first-order valence-electron chi connectivity index (χ1n) is 8.72. The third-order valence-electron chi connectivity index (χ3n) is 5.59. The maximum atomic E-state index is 13.1. The zero-order chi connectivity index (χ0) is 19.3. The van der Waals surface area contributed by atoms with Gasteiger partial charge in [0.25, 0.3) is 0 Å². The number of benzene rings is 2. The standard InChI is InChI=1S/C21H18F3NO2/c1-11-14(20(26)27)8-9-17-15-6-3-7-16(15)19(25-18(11)17)12-4-2-5-13(10-12)21(22,23)24/h2-6,8-10,15-16,19,25H,7H2,1H3,(H,26,27)/p-1/t15-,16-,19-/m0/s1. The van der Waals surface area contributed by atoms with Gasteiger partial charge in [-0.2, -0.15) is 13.2 Å². The second kappa shape index (κ2) is 6.15. The van der Waals surface area contributed by atoms with Crippen molar-refractivity contribution < 1.29 is 23.1 Å². The van der Waals surface area contributed by atoms with Crippen molar-refractivity contribution in [3.8, 4) is 0 Å². The molecule has 6 heteroatoms. The van der Waals surface area contributed by atoms with Crippen LogP contribution in [0.3, 0.4) is 0 Å². The molecule has 0 amide bonds. The third-order valence-corrected chi connectivity index (χ3v) is 5.59. The first-order chi connectivity index (χ1) is 12.8. The SMILES string of the molecule is Cc1c(C(=O)[O-])ccc2c1N[C@@H](c1cccc(C(F)(F)F)c1)[C@H]1CC=C[C@H]21. The number of fused-ring (bicyclic) bond motifs is 3. The molecule has 0 spiro atoms. The van der Waals surface area contributed by atoms with Gasteiger partial charge in [0.05, 0.1) is 17.6 Å². The molecule has 0 aromatic heterocycles. The Morgan fingerprint density at radius 3 is 2.70 bits per heavy atom. The van der Waals surface area contributed by atoms with Crippen LogP contribution in [0, 0.1) is 12.8 Å². The summed E-state index contributed by atoms with van der Waals surface area (Å²) in [7, 11) is 0. The Bertz CT molecular complexity index is 949. The number of carbonyl (C=O) groups excluding carboxylic acids is 1. The van der Waals surface area contributed by atoms with Gasteiger partial charge in [0.15, 0.2) is 0 Å². The van der Waals surface area contributed by atoms with Crippen LogP contribution in [0.25, 0.3) is 0 Å². The van der Waals surface area contributed by atoms with Crippen LogP contribution in [0.15, 0.2) is 48.6 Å². The number of halogens is 3. The molecule has 4 rings (SSSR count). The fourth-order valence-electron chi connectivity index (χ4n) is 4.27. The third kappa shape index (κ3) is 2.89. The molecule has 0 bridgehead atoms. The number of anilines is 1. The number of hydrogen-bond donors (Lipinski definition) is 1. The van der Waals surface area contributed by atoms with Crippen molar-refractivity contribution in [3.63, 3.8) is 0 Å². The Morgan fingerprint density at radius 1 is 1.22 bits per heavy atom. The van der Waals surface area contributed by atoms with Gasteiger partial charge in [-0.15, -0.1) is 0 Å². The van der Waals surface area contributed by atoms with Crippen molar-refractivity contribution in [2.45, 2.75) is 31.5 Å². The van der Waals surface area contributed by atoms with Crippen LogP contribution in [-0.2, 0) is 6.18 Å². The van der Waals surface area contributed by atoms with Crippen molar-refractivity contribution in [1.82, 2.24) is 0 Å². The van der Waals surface area contributed by atoms with Crippen molar-refractivity contribution in [2.75, 3.05) is 5.32 Å². The number of carboxylic acids is 1. The highest BCUT2D eigenvalue weighted by atomic mass is 19.4. The molecule has 0 saturated carbocycles. The molecule has 0 fully saturated rings. The minimum absolute atomic E-state index is 0.0373. The molecule has 3 atom stereocenters. The van der Waals surface area contributed by atoms with Gasteiger partial charge in [-0.05, 0) is 48.1 Å². The Morgan fingerprint density at radius 2 is 2.00 bits per heavy atom. The van der Waals surface area contributed by atoms with Gasteiger partial charge in [-0.3, -0.25) is 0 Å². The summed E-state index contributed by atoms with van der Waals surface area (Å²) in [5.41, 5.74) is 2.14. The lowest BCUT2D eigenvalue weighted by Gasteiger charge is -2.39. The molecule has 140 valence electrons. The highest BCUT2D eigenvalue weighted by molar-refractivity contribution is 5.90. The smallest absolute Gasteiger partial charge is 0.416 e. The molecule has 1 N–H and O–H groups in total. The molecule has 1 aliphatic heterocycles. The summed E-state index contributed by atoms with van der Waals surface area (Å²) in [5.74, 6) is -1.15. The lowest BCUT2D eigenvalue weighted by atomic mass is 9.75. The van der Waals surface area contributed by atoms with Crippen LogP contribution in [0.4, 0.5) is 18.9 Å². The Hall–Kier alpha value is -2.76. The second-order valence-electron chi connectivity index (χ2n) is 7.09. The van der Waals surface area contributed by atoms with E-state index in [1.54, 1.807) is 25.1 Å². The number of rotatable bonds is 2. The first-order valence-corrected chi connectivity index (χ1v) is 8.72. The van der Waals surface area contributed by atoms with E-state index in [1.807, 2.05) is 6.08 Å². The zero-order valence-corrected chi connectivity index (χ0v) is 14.5.